The number of nitrogens with zero attached hydrogens (tertiary/aromatic N) is 1. The summed E-state index contributed by atoms with van der Waals surface area (Å²) in [4.78, 5) is 14.9. The van der Waals surface area contributed by atoms with Crippen molar-refractivity contribution in [3.05, 3.63) is 21.0 Å². The number of ether oxygens (including phenoxy) is 2. The lowest BCUT2D eigenvalue weighted by atomic mass is 10.2. The van der Waals surface area contributed by atoms with Crippen LogP contribution in [0.1, 0.15) is 22.5 Å². The Hall–Kier alpha value is -0.990. The van der Waals surface area contributed by atoms with Gasteiger partial charge in [0.05, 0.1) is 24.0 Å². The van der Waals surface area contributed by atoms with Gasteiger partial charge >= 0.3 is 5.97 Å². The molecule has 0 atom stereocenters. The predicted octanol–water partition coefficient (Wildman–Crippen LogP) is 2.42. The minimum atomic E-state index is -2.84. The van der Waals surface area contributed by atoms with Crippen LogP contribution in [-0.4, -0.2) is 25.2 Å². The molecule has 0 aromatic carbocycles. The number of hydrogen-bond acceptors (Lipinski definition) is 4. The van der Waals surface area contributed by atoms with Gasteiger partial charge in [0.25, 0.3) is 6.43 Å². The van der Waals surface area contributed by atoms with Crippen molar-refractivity contribution >= 4 is 28.6 Å². The Labute approximate surface area is 104 Å². The molecule has 0 aliphatic rings. The maximum atomic E-state index is 12.6. The number of methoxy groups -OCH3 is 2. The Morgan fingerprint density at radius 2 is 2.12 bits per heavy atom. The number of pyridine rings is 1. The van der Waals surface area contributed by atoms with Crippen molar-refractivity contribution in [3.63, 3.8) is 0 Å². The van der Waals surface area contributed by atoms with E-state index in [1.54, 1.807) is 22.6 Å². The molecule has 1 aromatic heterocycles. The van der Waals surface area contributed by atoms with Crippen LogP contribution in [-0.2, 0) is 4.74 Å². The maximum absolute atomic E-state index is 12.6. The molecule has 0 fully saturated rings. The third-order valence-electron chi connectivity index (χ3n) is 1.83. The highest BCUT2D eigenvalue weighted by Gasteiger charge is 2.25. The van der Waals surface area contributed by atoms with Crippen LogP contribution in [0.3, 0.4) is 0 Å². The van der Waals surface area contributed by atoms with Crippen molar-refractivity contribution in [2.45, 2.75) is 6.43 Å². The maximum Gasteiger partial charge on any atom is 0.341 e. The smallest absolute Gasteiger partial charge is 0.341 e. The van der Waals surface area contributed by atoms with E-state index in [1.807, 2.05) is 0 Å². The molecule has 0 aliphatic carbocycles. The van der Waals surface area contributed by atoms with Crippen LogP contribution >= 0.6 is 22.6 Å². The van der Waals surface area contributed by atoms with E-state index < -0.39 is 18.1 Å². The number of hydrogen-bond donors (Lipinski definition) is 0. The van der Waals surface area contributed by atoms with Gasteiger partial charge in [-0.25, -0.2) is 13.6 Å². The van der Waals surface area contributed by atoms with Crippen molar-refractivity contribution in [1.82, 2.24) is 4.98 Å². The van der Waals surface area contributed by atoms with Crippen molar-refractivity contribution in [3.8, 4) is 5.75 Å². The van der Waals surface area contributed by atoms with Gasteiger partial charge in [-0.3, -0.25) is 4.98 Å². The fourth-order valence-electron chi connectivity index (χ4n) is 1.09. The first-order chi connectivity index (χ1) is 7.52. The normalized spacial score (nSPS) is 10.4. The summed E-state index contributed by atoms with van der Waals surface area (Å²) in [5, 5.41) is 0. The average Bonchev–Trinajstić information content (AvgIpc) is 2.27. The number of rotatable bonds is 3. The van der Waals surface area contributed by atoms with Gasteiger partial charge in [-0.1, -0.05) is 0 Å². The molecule has 0 unspecified atom stereocenters. The zero-order valence-electron chi connectivity index (χ0n) is 8.46. The number of esters is 1. The summed E-state index contributed by atoms with van der Waals surface area (Å²) in [7, 11) is 2.48. The van der Waals surface area contributed by atoms with E-state index in [0.29, 0.717) is 0 Å². The van der Waals surface area contributed by atoms with E-state index in [0.717, 1.165) is 13.3 Å². The van der Waals surface area contributed by atoms with Gasteiger partial charge in [-0.2, -0.15) is 0 Å². The molecule has 1 rings (SSSR count). The number of carbonyl (C=O) groups excluding carboxylic acids is 1. The third-order valence-corrected chi connectivity index (χ3v) is 2.90. The van der Waals surface area contributed by atoms with Crippen LogP contribution < -0.4 is 4.74 Å². The second-order valence-electron chi connectivity index (χ2n) is 2.69. The molecule has 0 bridgehead atoms. The fraction of sp³-hybridized carbons (Fsp3) is 0.333. The summed E-state index contributed by atoms with van der Waals surface area (Å²) in [5.41, 5.74) is -0.852. The quantitative estimate of drug-likeness (QED) is 0.625. The molecule has 4 nitrogen and oxygen atoms in total. The second-order valence-corrected chi connectivity index (χ2v) is 3.77. The van der Waals surface area contributed by atoms with E-state index in [-0.39, 0.29) is 14.9 Å². The van der Waals surface area contributed by atoms with Crippen molar-refractivity contribution in [1.29, 1.82) is 0 Å². The third kappa shape index (κ3) is 2.39. The lowest BCUT2D eigenvalue weighted by Crippen LogP contribution is -2.11. The van der Waals surface area contributed by atoms with Crippen LogP contribution in [0.15, 0.2) is 6.20 Å². The first-order valence-electron chi connectivity index (χ1n) is 4.11. The molecule has 0 spiro atoms. The number of alkyl halides is 2. The highest BCUT2D eigenvalue weighted by molar-refractivity contribution is 14.1. The summed E-state index contributed by atoms with van der Waals surface area (Å²) in [6.07, 6.45) is -1.69. The molecule has 0 saturated carbocycles. The number of carbonyl (C=O) groups is 1. The van der Waals surface area contributed by atoms with Gasteiger partial charge < -0.3 is 9.47 Å². The number of halogens is 3. The zero-order chi connectivity index (χ0) is 12.3. The highest BCUT2D eigenvalue weighted by Crippen LogP contribution is 2.30. The molecule has 1 heterocycles. The van der Waals surface area contributed by atoms with Gasteiger partial charge in [-0.15, -0.1) is 0 Å². The first kappa shape index (κ1) is 13.1. The molecule has 0 amide bonds. The Morgan fingerprint density at radius 3 is 2.56 bits per heavy atom. The van der Waals surface area contributed by atoms with Gasteiger partial charge in [0.1, 0.15) is 11.3 Å². The molecule has 0 saturated heterocycles. The molecule has 88 valence electrons. The van der Waals surface area contributed by atoms with Crippen LogP contribution in [0.5, 0.6) is 5.75 Å². The van der Waals surface area contributed by atoms with Gasteiger partial charge in [0.15, 0.2) is 5.75 Å². The average molecular weight is 343 g/mol. The standard InChI is InChI=1S/C9H8F2INO3/c1-15-4-3-13-7(8(10)11)5(6(4)12)9(14)16-2/h3,8H,1-2H3. The Kier molecular flexibility index (Phi) is 4.39. The van der Waals surface area contributed by atoms with Gasteiger partial charge in [-0.05, 0) is 22.6 Å². The van der Waals surface area contributed by atoms with E-state index in [9.17, 15) is 13.6 Å². The lowest BCUT2D eigenvalue weighted by molar-refractivity contribution is 0.0585. The van der Waals surface area contributed by atoms with Crippen LogP contribution in [0.4, 0.5) is 8.78 Å². The van der Waals surface area contributed by atoms with E-state index in [2.05, 4.69) is 9.72 Å². The van der Waals surface area contributed by atoms with E-state index in [4.69, 9.17) is 4.74 Å². The predicted molar refractivity (Wildman–Crippen MR) is 59.8 cm³/mol. The van der Waals surface area contributed by atoms with Gasteiger partial charge in [0, 0.05) is 0 Å². The van der Waals surface area contributed by atoms with Crippen LogP contribution in [0, 0.1) is 3.57 Å². The van der Waals surface area contributed by atoms with Crippen LogP contribution in [0.25, 0.3) is 0 Å². The molecule has 0 radical (unpaired) electrons. The molecule has 7 heteroatoms. The number of aromatic nitrogens is 1. The summed E-state index contributed by atoms with van der Waals surface area (Å²) < 4.78 is 34.8. The van der Waals surface area contributed by atoms with Crippen LogP contribution in [0.2, 0.25) is 0 Å². The Balaban J connectivity index is 3.42. The summed E-state index contributed by atoms with van der Waals surface area (Å²) in [6.45, 7) is 0. The zero-order valence-corrected chi connectivity index (χ0v) is 10.6. The molecule has 0 aliphatic heterocycles. The Bertz CT molecular complexity index is 412. The van der Waals surface area contributed by atoms with Crippen molar-refractivity contribution in [2.75, 3.05) is 14.2 Å². The highest BCUT2D eigenvalue weighted by atomic mass is 127. The van der Waals surface area contributed by atoms with Crippen molar-refractivity contribution < 1.29 is 23.0 Å². The molecule has 0 N–H and O–H groups in total. The SMILES string of the molecule is COC(=O)c1c(C(F)F)ncc(OC)c1I. The minimum absolute atomic E-state index is 0.252. The molecule has 1 aromatic rings. The summed E-state index contributed by atoms with van der Waals surface area (Å²) in [6, 6.07) is 0. The largest absolute Gasteiger partial charge is 0.494 e. The monoisotopic (exact) mass is 343 g/mol. The van der Waals surface area contributed by atoms with E-state index >= 15 is 0 Å². The Morgan fingerprint density at radius 1 is 1.50 bits per heavy atom. The second kappa shape index (κ2) is 5.37. The molecule has 16 heavy (non-hydrogen) atoms. The van der Waals surface area contributed by atoms with Crippen molar-refractivity contribution in [2.24, 2.45) is 0 Å². The minimum Gasteiger partial charge on any atom is -0.494 e. The first-order valence-corrected chi connectivity index (χ1v) is 5.19. The summed E-state index contributed by atoms with van der Waals surface area (Å²) in [5.74, 6) is -0.600. The van der Waals surface area contributed by atoms with Gasteiger partial charge in [0.2, 0.25) is 0 Å². The molecular weight excluding hydrogens is 335 g/mol. The fourth-order valence-corrected chi connectivity index (χ4v) is 1.95. The topological polar surface area (TPSA) is 48.4 Å². The van der Waals surface area contributed by atoms with E-state index in [1.165, 1.54) is 7.11 Å². The molecular formula is C9H8F2INO3. The lowest BCUT2D eigenvalue weighted by Gasteiger charge is -2.11. The summed E-state index contributed by atoms with van der Waals surface area (Å²) >= 11 is 1.74.